The summed E-state index contributed by atoms with van der Waals surface area (Å²) in [6.07, 6.45) is 2.07. The SMILES string of the molecule is CN(C(=O)CN(C)[C@@H]1CCS(=O)(=O)C1)c1ccccc1C(=O)NCc1ccco1. The fourth-order valence-corrected chi connectivity index (χ4v) is 5.15. The van der Waals surface area contributed by atoms with Crippen molar-refractivity contribution in [2.24, 2.45) is 0 Å². The number of nitrogens with zero attached hydrogens (tertiary/aromatic N) is 2. The molecule has 0 saturated carbocycles. The number of hydrogen-bond acceptors (Lipinski definition) is 6. The van der Waals surface area contributed by atoms with E-state index in [9.17, 15) is 18.0 Å². The first-order valence-corrected chi connectivity index (χ1v) is 11.2. The molecule has 0 unspecified atom stereocenters. The average Bonchev–Trinajstić information content (AvgIpc) is 3.34. The summed E-state index contributed by atoms with van der Waals surface area (Å²) < 4.78 is 28.6. The van der Waals surface area contributed by atoms with E-state index in [1.54, 1.807) is 55.4 Å². The third-order valence-electron chi connectivity index (χ3n) is 5.10. The van der Waals surface area contributed by atoms with Gasteiger partial charge in [-0.05, 0) is 37.7 Å². The average molecular weight is 420 g/mol. The molecule has 0 radical (unpaired) electrons. The van der Waals surface area contributed by atoms with Gasteiger partial charge in [0.25, 0.3) is 5.91 Å². The van der Waals surface area contributed by atoms with Crippen molar-refractivity contribution in [3.8, 4) is 0 Å². The van der Waals surface area contributed by atoms with Crippen LogP contribution in [0.2, 0.25) is 0 Å². The first kappa shape index (κ1) is 21.1. The Morgan fingerprint density at radius 3 is 2.59 bits per heavy atom. The Hall–Kier alpha value is -2.65. The summed E-state index contributed by atoms with van der Waals surface area (Å²) >= 11 is 0. The molecule has 29 heavy (non-hydrogen) atoms. The molecule has 2 aromatic rings. The number of likely N-dealkylation sites (N-methyl/N-ethyl adjacent to an activating group) is 2. The predicted molar refractivity (Wildman–Crippen MR) is 109 cm³/mol. The van der Waals surface area contributed by atoms with Gasteiger partial charge in [0.05, 0.1) is 42.1 Å². The van der Waals surface area contributed by atoms with E-state index in [-0.39, 0.29) is 42.5 Å². The molecule has 9 heteroatoms. The smallest absolute Gasteiger partial charge is 0.253 e. The summed E-state index contributed by atoms with van der Waals surface area (Å²) in [5.74, 6) is 0.333. The summed E-state index contributed by atoms with van der Waals surface area (Å²) in [6.45, 7) is 0.315. The Kier molecular flexibility index (Phi) is 6.39. The zero-order valence-corrected chi connectivity index (χ0v) is 17.3. The molecule has 1 atom stereocenters. The lowest BCUT2D eigenvalue weighted by molar-refractivity contribution is -0.119. The summed E-state index contributed by atoms with van der Waals surface area (Å²) in [4.78, 5) is 28.6. The summed E-state index contributed by atoms with van der Waals surface area (Å²) in [6, 6.07) is 10.2. The highest BCUT2D eigenvalue weighted by molar-refractivity contribution is 7.91. The molecule has 1 N–H and O–H groups in total. The molecule has 1 aromatic heterocycles. The molecule has 1 saturated heterocycles. The fraction of sp³-hybridized carbons (Fsp3) is 0.400. The van der Waals surface area contributed by atoms with Gasteiger partial charge in [0.2, 0.25) is 5.91 Å². The fourth-order valence-electron chi connectivity index (χ4n) is 3.34. The van der Waals surface area contributed by atoms with E-state index < -0.39 is 9.84 Å². The van der Waals surface area contributed by atoms with E-state index in [0.717, 1.165) is 0 Å². The number of carbonyl (C=O) groups excluding carboxylic acids is 2. The highest BCUT2D eigenvalue weighted by Crippen LogP contribution is 2.21. The summed E-state index contributed by atoms with van der Waals surface area (Å²) in [7, 11) is 0.342. The quantitative estimate of drug-likeness (QED) is 0.726. The molecular formula is C20H25N3O5S. The monoisotopic (exact) mass is 419 g/mol. The van der Waals surface area contributed by atoms with Gasteiger partial charge in [0, 0.05) is 13.1 Å². The van der Waals surface area contributed by atoms with Gasteiger partial charge < -0.3 is 14.6 Å². The van der Waals surface area contributed by atoms with Crippen LogP contribution in [0.25, 0.3) is 0 Å². The standard InChI is InChI=1S/C20H25N3O5S/c1-22(15-9-11-29(26,27)14-15)13-19(24)23(2)18-8-4-3-7-17(18)20(25)21-12-16-6-5-10-28-16/h3-8,10,15H,9,11-14H2,1-2H3,(H,21,25)/t15-/m1/s1. The molecule has 1 fully saturated rings. The second kappa shape index (κ2) is 8.79. The van der Waals surface area contributed by atoms with E-state index >= 15 is 0 Å². The summed E-state index contributed by atoms with van der Waals surface area (Å²) in [5, 5.41) is 2.78. The first-order valence-electron chi connectivity index (χ1n) is 9.33. The predicted octanol–water partition coefficient (Wildman–Crippen LogP) is 1.29. The van der Waals surface area contributed by atoms with Gasteiger partial charge in [0.1, 0.15) is 5.76 Å². The topological polar surface area (TPSA) is 99.9 Å². The lowest BCUT2D eigenvalue weighted by Gasteiger charge is -2.26. The third kappa shape index (κ3) is 5.24. The van der Waals surface area contributed by atoms with E-state index in [1.807, 2.05) is 0 Å². The van der Waals surface area contributed by atoms with Crippen molar-refractivity contribution in [1.82, 2.24) is 10.2 Å². The van der Waals surface area contributed by atoms with Crippen LogP contribution in [-0.2, 0) is 21.2 Å². The maximum absolute atomic E-state index is 12.8. The zero-order chi connectivity index (χ0) is 21.0. The number of para-hydroxylation sites is 1. The van der Waals surface area contributed by atoms with Crippen LogP contribution < -0.4 is 10.2 Å². The van der Waals surface area contributed by atoms with Crippen LogP contribution in [0.5, 0.6) is 0 Å². The number of furan rings is 1. The number of anilines is 1. The third-order valence-corrected chi connectivity index (χ3v) is 6.85. The van der Waals surface area contributed by atoms with Crippen molar-refractivity contribution in [1.29, 1.82) is 0 Å². The van der Waals surface area contributed by atoms with Crippen molar-refractivity contribution >= 4 is 27.3 Å². The lowest BCUT2D eigenvalue weighted by Crippen LogP contribution is -2.42. The Balaban J connectivity index is 1.66. The van der Waals surface area contributed by atoms with Crippen LogP contribution >= 0.6 is 0 Å². The van der Waals surface area contributed by atoms with Crippen LogP contribution in [0.3, 0.4) is 0 Å². The molecule has 2 heterocycles. The van der Waals surface area contributed by atoms with Crippen molar-refractivity contribution in [2.75, 3.05) is 37.0 Å². The highest BCUT2D eigenvalue weighted by atomic mass is 32.2. The molecule has 1 aliphatic heterocycles. The number of carbonyl (C=O) groups is 2. The first-order chi connectivity index (χ1) is 13.8. The Labute approximate surface area is 170 Å². The van der Waals surface area contributed by atoms with E-state index in [2.05, 4.69) is 5.32 Å². The van der Waals surface area contributed by atoms with Crippen LogP contribution in [0.4, 0.5) is 5.69 Å². The van der Waals surface area contributed by atoms with Gasteiger partial charge >= 0.3 is 0 Å². The second-order valence-electron chi connectivity index (χ2n) is 7.20. The Morgan fingerprint density at radius 2 is 1.93 bits per heavy atom. The molecule has 8 nitrogen and oxygen atoms in total. The van der Waals surface area contributed by atoms with Crippen LogP contribution in [-0.4, -0.2) is 63.3 Å². The van der Waals surface area contributed by atoms with E-state index in [0.29, 0.717) is 23.4 Å². The molecule has 1 aromatic carbocycles. The van der Waals surface area contributed by atoms with Gasteiger partial charge in [-0.1, -0.05) is 12.1 Å². The number of nitrogens with one attached hydrogen (secondary N) is 1. The van der Waals surface area contributed by atoms with E-state index in [1.165, 1.54) is 11.2 Å². The number of amides is 2. The van der Waals surface area contributed by atoms with E-state index in [4.69, 9.17) is 4.42 Å². The van der Waals surface area contributed by atoms with Crippen LogP contribution in [0, 0.1) is 0 Å². The summed E-state index contributed by atoms with van der Waals surface area (Å²) in [5.41, 5.74) is 0.864. The van der Waals surface area contributed by atoms with Gasteiger partial charge in [-0.2, -0.15) is 0 Å². The molecule has 1 aliphatic rings. The molecule has 3 rings (SSSR count). The van der Waals surface area contributed by atoms with Crippen molar-refractivity contribution < 1.29 is 22.4 Å². The van der Waals surface area contributed by atoms with Gasteiger partial charge in [0.15, 0.2) is 9.84 Å². The normalized spacial score (nSPS) is 18.0. The molecule has 2 amide bonds. The van der Waals surface area contributed by atoms with Gasteiger partial charge in [-0.25, -0.2) is 8.42 Å². The minimum absolute atomic E-state index is 0.0685. The molecule has 156 valence electrons. The molecular weight excluding hydrogens is 394 g/mol. The van der Waals surface area contributed by atoms with Crippen molar-refractivity contribution in [3.05, 3.63) is 54.0 Å². The van der Waals surface area contributed by atoms with Crippen molar-refractivity contribution in [2.45, 2.75) is 19.0 Å². The number of hydrogen-bond donors (Lipinski definition) is 1. The second-order valence-corrected chi connectivity index (χ2v) is 9.43. The maximum Gasteiger partial charge on any atom is 0.253 e. The number of rotatable bonds is 7. The van der Waals surface area contributed by atoms with Gasteiger partial charge in [-0.3, -0.25) is 14.5 Å². The Bertz CT molecular complexity index is 972. The largest absolute Gasteiger partial charge is 0.467 e. The van der Waals surface area contributed by atoms with Crippen molar-refractivity contribution in [3.63, 3.8) is 0 Å². The maximum atomic E-state index is 12.8. The Morgan fingerprint density at radius 1 is 1.17 bits per heavy atom. The molecule has 0 aliphatic carbocycles. The highest BCUT2D eigenvalue weighted by Gasteiger charge is 2.32. The lowest BCUT2D eigenvalue weighted by atomic mass is 10.1. The minimum atomic E-state index is -3.02. The van der Waals surface area contributed by atoms with Gasteiger partial charge in [-0.15, -0.1) is 0 Å². The number of sulfone groups is 1. The van der Waals surface area contributed by atoms with Crippen LogP contribution in [0.15, 0.2) is 47.1 Å². The number of benzene rings is 1. The molecule has 0 spiro atoms. The zero-order valence-electron chi connectivity index (χ0n) is 16.5. The van der Waals surface area contributed by atoms with Crippen LogP contribution in [0.1, 0.15) is 22.5 Å². The minimum Gasteiger partial charge on any atom is -0.467 e. The molecule has 0 bridgehead atoms.